The average molecular weight is 389 g/mol. The van der Waals surface area contributed by atoms with Crippen LogP contribution in [0.25, 0.3) is 0 Å². The molecule has 0 aromatic heterocycles. The molecular weight excluding hydrogens is 371 g/mol. The first-order valence-electron chi connectivity index (χ1n) is 7.82. The number of nitrogens with one attached hydrogen (secondary N) is 2. The van der Waals surface area contributed by atoms with Gasteiger partial charge in [-0.25, -0.2) is 0 Å². The lowest BCUT2D eigenvalue weighted by Gasteiger charge is -2.30. The Kier molecular flexibility index (Phi) is 7.01. The van der Waals surface area contributed by atoms with Crippen molar-refractivity contribution in [2.24, 2.45) is 0 Å². The molecule has 26 heavy (non-hydrogen) atoms. The SMILES string of the molecule is C=CC(=O)N[C@@H](c1ccccc1Cl)[C@@H](NC(=O)C=C)c1ccccc1Cl. The summed E-state index contributed by atoms with van der Waals surface area (Å²) >= 11 is 12.7. The number of carbonyl (C=O) groups is 2. The number of hydrogen-bond donors (Lipinski definition) is 2. The second-order valence-corrected chi connectivity index (χ2v) is 6.24. The summed E-state index contributed by atoms with van der Waals surface area (Å²) in [6.07, 6.45) is 2.31. The van der Waals surface area contributed by atoms with Gasteiger partial charge in [0.2, 0.25) is 11.8 Å². The minimum Gasteiger partial charge on any atom is -0.343 e. The van der Waals surface area contributed by atoms with E-state index in [9.17, 15) is 9.59 Å². The fourth-order valence-electron chi connectivity index (χ4n) is 2.56. The van der Waals surface area contributed by atoms with Crippen molar-refractivity contribution in [2.45, 2.75) is 12.1 Å². The van der Waals surface area contributed by atoms with Crippen LogP contribution in [-0.4, -0.2) is 11.8 Å². The van der Waals surface area contributed by atoms with Crippen molar-refractivity contribution >= 4 is 35.0 Å². The first-order chi connectivity index (χ1) is 12.5. The second-order valence-electron chi connectivity index (χ2n) is 5.42. The summed E-state index contributed by atoms with van der Waals surface area (Å²) in [7, 11) is 0. The third-order valence-electron chi connectivity index (χ3n) is 3.78. The topological polar surface area (TPSA) is 58.2 Å². The van der Waals surface area contributed by atoms with E-state index in [0.29, 0.717) is 21.2 Å². The smallest absolute Gasteiger partial charge is 0.243 e. The van der Waals surface area contributed by atoms with E-state index in [1.807, 2.05) is 0 Å². The number of rotatable bonds is 7. The predicted molar refractivity (Wildman–Crippen MR) is 105 cm³/mol. The van der Waals surface area contributed by atoms with Gasteiger partial charge in [-0.15, -0.1) is 0 Å². The van der Waals surface area contributed by atoms with Gasteiger partial charge in [-0.1, -0.05) is 72.8 Å². The highest BCUT2D eigenvalue weighted by atomic mass is 35.5. The van der Waals surface area contributed by atoms with E-state index in [4.69, 9.17) is 23.2 Å². The van der Waals surface area contributed by atoms with Gasteiger partial charge in [0.05, 0.1) is 12.1 Å². The van der Waals surface area contributed by atoms with Crippen molar-refractivity contribution in [1.29, 1.82) is 0 Å². The first-order valence-corrected chi connectivity index (χ1v) is 8.58. The Morgan fingerprint density at radius 2 is 1.12 bits per heavy atom. The van der Waals surface area contributed by atoms with E-state index < -0.39 is 23.9 Å². The van der Waals surface area contributed by atoms with Crippen molar-refractivity contribution < 1.29 is 9.59 Å². The molecule has 6 heteroatoms. The molecule has 2 N–H and O–H groups in total. The van der Waals surface area contributed by atoms with Crippen LogP contribution >= 0.6 is 23.2 Å². The molecule has 0 saturated heterocycles. The van der Waals surface area contributed by atoms with Gasteiger partial charge in [0.25, 0.3) is 0 Å². The van der Waals surface area contributed by atoms with Crippen LogP contribution in [0.15, 0.2) is 73.8 Å². The lowest BCUT2D eigenvalue weighted by atomic mass is 9.92. The van der Waals surface area contributed by atoms with Gasteiger partial charge >= 0.3 is 0 Å². The van der Waals surface area contributed by atoms with E-state index in [1.165, 1.54) is 0 Å². The Bertz CT molecular complexity index is 767. The van der Waals surface area contributed by atoms with Crippen LogP contribution < -0.4 is 10.6 Å². The Morgan fingerprint density at radius 1 is 0.769 bits per heavy atom. The molecule has 2 aromatic rings. The molecule has 0 bridgehead atoms. The molecule has 0 aliphatic rings. The number of benzene rings is 2. The minimum atomic E-state index is -0.669. The zero-order chi connectivity index (χ0) is 19.1. The zero-order valence-electron chi connectivity index (χ0n) is 13.9. The molecule has 0 aliphatic heterocycles. The molecule has 0 saturated carbocycles. The zero-order valence-corrected chi connectivity index (χ0v) is 15.4. The molecular formula is C20H18Cl2N2O2. The maximum atomic E-state index is 12.0. The summed E-state index contributed by atoms with van der Waals surface area (Å²) in [4.78, 5) is 24.1. The Balaban J connectivity index is 2.60. The minimum absolute atomic E-state index is 0.403. The highest BCUT2D eigenvalue weighted by Crippen LogP contribution is 2.36. The molecule has 4 nitrogen and oxygen atoms in total. The van der Waals surface area contributed by atoms with Gasteiger partial charge < -0.3 is 10.6 Å². The average Bonchev–Trinajstić information content (AvgIpc) is 2.65. The molecule has 0 fully saturated rings. The van der Waals surface area contributed by atoms with E-state index in [2.05, 4.69) is 23.8 Å². The normalized spacial score (nSPS) is 12.5. The predicted octanol–water partition coefficient (Wildman–Crippen LogP) is 4.38. The standard InChI is InChI=1S/C20H18Cl2N2O2/c1-3-17(25)23-19(13-9-5-7-11-15(13)21)20(24-18(26)4-2)14-10-6-8-12-16(14)22/h3-12,19-20H,1-2H2,(H,23,25)(H,24,26)/t19-,20-/m0/s1. The van der Waals surface area contributed by atoms with Crippen LogP contribution in [0.5, 0.6) is 0 Å². The van der Waals surface area contributed by atoms with E-state index in [1.54, 1.807) is 48.5 Å². The van der Waals surface area contributed by atoms with Gasteiger partial charge in [0.15, 0.2) is 0 Å². The molecule has 0 spiro atoms. The largest absolute Gasteiger partial charge is 0.343 e. The maximum absolute atomic E-state index is 12.0. The van der Waals surface area contributed by atoms with Crippen molar-refractivity contribution in [1.82, 2.24) is 10.6 Å². The molecule has 2 rings (SSSR count). The third kappa shape index (κ3) is 4.75. The van der Waals surface area contributed by atoms with Gasteiger partial charge in [0, 0.05) is 10.0 Å². The number of carbonyl (C=O) groups excluding carboxylic acids is 2. The van der Waals surface area contributed by atoms with Crippen LogP contribution in [0.3, 0.4) is 0 Å². The molecule has 2 atom stereocenters. The van der Waals surface area contributed by atoms with Crippen LogP contribution in [0, 0.1) is 0 Å². The fraction of sp³-hybridized carbons (Fsp3) is 0.100. The summed E-state index contributed by atoms with van der Waals surface area (Å²) < 4.78 is 0. The molecule has 0 unspecified atom stereocenters. The highest BCUT2D eigenvalue weighted by molar-refractivity contribution is 6.32. The third-order valence-corrected chi connectivity index (χ3v) is 4.47. The second kappa shape index (κ2) is 9.22. The monoisotopic (exact) mass is 388 g/mol. The van der Waals surface area contributed by atoms with Crippen molar-refractivity contribution in [3.63, 3.8) is 0 Å². The fourth-order valence-corrected chi connectivity index (χ4v) is 3.07. The Hall–Kier alpha value is -2.56. The molecule has 134 valence electrons. The van der Waals surface area contributed by atoms with Crippen molar-refractivity contribution in [2.75, 3.05) is 0 Å². The van der Waals surface area contributed by atoms with Crippen LogP contribution in [0.1, 0.15) is 23.2 Å². The summed E-state index contributed by atoms with van der Waals surface area (Å²) in [5, 5.41) is 6.56. The molecule has 2 aromatic carbocycles. The first kappa shape index (κ1) is 19.8. The number of amides is 2. The van der Waals surface area contributed by atoms with Crippen LogP contribution in [0.4, 0.5) is 0 Å². The van der Waals surface area contributed by atoms with E-state index >= 15 is 0 Å². The van der Waals surface area contributed by atoms with Gasteiger partial charge in [-0.05, 0) is 35.4 Å². The summed E-state index contributed by atoms with van der Waals surface area (Å²) in [6.45, 7) is 6.96. The Labute approximate surface area is 162 Å². The van der Waals surface area contributed by atoms with E-state index in [-0.39, 0.29) is 0 Å². The van der Waals surface area contributed by atoms with E-state index in [0.717, 1.165) is 12.2 Å². The molecule has 0 radical (unpaired) electrons. The van der Waals surface area contributed by atoms with Crippen LogP contribution in [0.2, 0.25) is 10.0 Å². The van der Waals surface area contributed by atoms with Crippen LogP contribution in [-0.2, 0) is 9.59 Å². The molecule has 0 heterocycles. The number of halogens is 2. The van der Waals surface area contributed by atoms with Crippen molar-refractivity contribution in [3.05, 3.63) is 95.0 Å². The maximum Gasteiger partial charge on any atom is 0.243 e. The van der Waals surface area contributed by atoms with Gasteiger partial charge in [-0.3, -0.25) is 9.59 Å². The quantitative estimate of drug-likeness (QED) is 0.691. The lowest BCUT2D eigenvalue weighted by Crippen LogP contribution is -2.40. The van der Waals surface area contributed by atoms with Gasteiger partial charge in [-0.2, -0.15) is 0 Å². The number of hydrogen-bond acceptors (Lipinski definition) is 2. The Morgan fingerprint density at radius 3 is 1.42 bits per heavy atom. The summed E-state index contributed by atoms with van der Waals surface area (Å²) in [6, 6.07) is 12.8. The summed E-state index contributed by atoms with van der Waals surface area (Å²) in [5.74, 6) is -0.806. The molecule has 2 amide bonds. The van der Waals surface area contributed by atoms with Crippen molar-refractivity contribution in [3.8, 4) is 0 Å². The van der Waals surface area contributed by atoms with Gasteiger partial charge in [0.1, 0.15) is 0 Å². The molecule has 0 aliphatic carbocycles. The highest BCUT2D eigenvalue weighted by Gasteiger charge is 2.30. The summed E-state index contributed by atoms with van der Waals surface area (Å²) in [5.41, 5.74) is 1.28. The lowest BCUT2D eigenvalue weighted by molar-refractivity contribution is -0.120.